The van der Waals surface area contributed by atoms with Gasteiger partial charge in [-0.3, -0.25) is 4.79 Å². The number of carbonyl (C=O) groups excluding carboxylic acids is 1. The van der Waals surface area contributed by atoms with Crippen molar-refractivity contribution in [1.29, 1.82) is 0 Å². The van der Waals surface area contributed by atoms with Crippen LogP contribution in [0.5, 0.6) is 0 Å². The fourth-order valence-electron chi connectivity index (χ4n) is 4.87. The quantitative estimate of drug-likeness (QED) is 0.400. The number of aliphatic hydroxyl groups is 1. The lowest BCUT2D eigenvalue weighted by atomic mass is 9.92. The Labute approximate surface area is 200 Å². The van der Waals surface area contributed by atoms with Crippen LogP contribution in [0.2, 0.25) is 0 Å². The molecule has 3 atom stereocenters. The highest BCUT2D eigenvalue weighted by molar-refractivity contribution is 5.94. The molecule has 0 radical (unpaired) electrons. The highest BCUT2D eigenvalue weighted by Gasteiger charge is 2.29. The van der Waals surface area contributed by atoms with Gasteiger partial charge in [0, 0.05) is 49.1 Å². The summed E-state index contributed by atoms with van der Waals surface area (Å²) in [7, 11) is 0. The second-order valence-corrected chi connectivity index (χ2v) is 9.24. The summed E-state index contributed by atoms with van der Waals surface area (Å²) in [5, 5.41) is 11.1. The number of ether oxygens (including phenoxy) is 1. The summed E-state index contributed by atoms with van der Waals surface area (Å²) in [5.41, 5.74) is 4.04. The lowest BCUT2D eigenvalue weighted by Gasteiger charge is -2.35. The van der Waals surface area contributed by atoms with Crippen LogP contribution in [-0.2, 0) is 9.53 Å². The standard InChI is InChI=1S/C28H33NO5/c1-4-33-28(32)21-9-7-13-29(17-21)26(30)14-19(3)20-11-12-23-24(16-27(31)34-25(23)15-20)22-10-6-5-8-18(22)2/h5-6,8,10-12,15-16,19,21,28,32H,4,7,9,13-14,17H2,1-3H3/t19?,21-,28?/m0/s1. The van der Waals surface area contributed by atoms with E-state index in [9.17, 15) is 14.7 Å². The molecule has 180 valence electrons. The summed E-state index contributed by atoms with van der Waals surface area (Å²) in [6, 6.07) is 15.4. The Hall–Kier alpha value is -2.96. The van der Waals surface area contributed by atoms with Crippen molar-refractivity contribution in [2.75, 3.05) is 19.7 Å². The van der Waals surface area contributed by atoms with Crippen LogP contribution < -0.4 is 5.63 Å². The van der Waals surface area contributed by atoms with Gasteiger partial charge in [-0.1, -0.05) is 43.3 Å². The summed E-state index contributed by atoms with van der Waals surface area (Å²) >= 11 is 0. The maximum atomic E-state index is 13.0. The Morgan fingerprint density at radius 1 is 1.21 bits per heavy atom. The fraction of sp³-hybridized carbons (Fsp3) is 0.429. The average Bonchev–Trinajstić information content (AvgIpc) is 2.83. The third-order valence-corrected chi connectivity index (χ3v) is 6.80. The minimum atomic E-state index is -0.830. The molecule has 0 spiro atoms. The molecule has 6 heteroatoms. The van der Waals surface area contributed by atoms with Gasteiger partial charge in [-0.05, 0) is 55.4 Å². The van der Waals surface area contributed by atoms with Gasteiger partial charge in [0.25, 0.3) is 0 Å². The summed E-state index contributed by atoms with van der Waals surface area (Å²) in [5.74, 6) is -0.0274. The maximum Gasteiger partial charge on any atom is 0.336 e. The summed E-state index contributed by atoms with van der Waals surface area (Å²) < 4.78 is 10.9. The van der Waals surface area contributed by atoms with E-state index >= 15 is 0 Å². The highest BCUT2D eigenvalue weighted by Crippen LogP contribution is 2.32. The number of aliphatic hydroxyl groups excluding tert-OH is 1. The van der Waals surface area contributed by atoms with Crippen molar-refractivity contribution in [3.63, 3.8) is 0 Å². The van der Waals surface area contributed by atoms with Crippen molar-refractivity contribution in [3.8, 4) is 11.1 Å². The molecule has 0 saturated carbocycles. The zero-order chi connectivity index (χ0) is 24.2. The molecule has 1 saturated heterocycles. The van der Waals surface area contributed by atoms with Gasteiger partial charge < -0.3 is 19.2 Å². The third-order valence-electron chi connectivity index (χ3n) is 6.80. The van der Waals surface area contributed by atoms with E-state index in [0.29, 0.717) is 31.7 Å². The zero-order valence-electron chi connectivity index (χ0n) is 20.1. The van der Waals surface area contributed by atoms with Crippen LogP contribution in [0.3, 0.4) is 0 Å². The Bertz CT molecular complexity index is 1220. The lowest BCUT2D eigenvalue weighted by molar-refractivity contribution is -0.152. The molecule has 1 amide bonds. The predicted molar refractivity (Wildman–Crippen MR) is 133 cm³/mol. The fourth-order valence-corrected chi connectivity index (χ4v) is 4.87. The SMILES string of the molecule is CCOC(O)[C@H]1CCCN(C(=O)CC(C)c2ccc3c(-c4ccccc4C)cc(=O)oc3c2)C1. The molecule has 1 N–H and O–H groups in total. The second-order valence-electron chi connectivity index (χ2n) is 9.24. The van der Waals surface area contributed by atoms with Gasteiger partial charge in [0.15, 0.2) is 6.29 Å². The molecule has 3 aromatic rings. The van der Waals surface area contributed by atoms with Gasteiger partial charge in [-0.15, -0.1) is 0 Å². The molecule has 1 aliphatic rings. The van der Waals surface area contributed by atoms with Crippen LogP contribution in [0.25, 0.3) is 22.1 Å². The number of aryl methyl sites for hydroxylation is 1. The monoisotopic (exact) mass is 463 g/mol. The molecule has 0 bridgehead atoms. The number of nitrogens with zero attached hydrogens (tertiary/aromatic N) is 1. The Morgan fingerprint density at radius 3 is 2.76 bits per heavy atom. The Morgan fingerprint density at radius 2 is 2.00 bits per heavy atom. The molecule has 6 nitrogen and oxygen atoms in total. The van der Waals surface area contributed by atoms with E-state index in [4.69, 9.17) is 9.15 Å². The Balaban J connectivity index is 1.53. The summed E-state index contributed by atoms with van der Waals surface area (Å²) in [4.78, 5) is 27.2. The van der Waals surface area contributed by atoms with E-state index in [1.54, 1.807) is 6.07 Å². The highest BCUT2D eigenvalue weighted by atomic mass is 16.6. The van der Waals surface area contributed by atoms with Gasteiger partial charge in [0.05, 0.1) is 0 Å². The van der Waals surface area contributed by atoms with Crippen molar-refractivity contribution in [2.45, 2.75) is 52.2 Å². The molecule has 2 unspecified atom stereocenters. The van der Waals surface area contributed by atoms with Gasteiger partial charge in [0.2, 0.25) is 5.91 Å². The van der Waals surface area contributed by atoms with Crippen molar-refractivity contribution < 1.29 is 19.1 Å². The van der Waals surface area contributed by atoms with Crippen LogP contribution in [0.4, 0.5) is 0 Å². The number of piperidine rings is 1. The minimum absolute atomic E-state index is 0.0403. The topological polar surface area (TPSA) is 80.0 Å². The number of hydrogen-bond donors (Lipinski definition) is 1. The zero-order valence-corrected chi connectivity index (χ0v) is 20.1. The first-order valence-corrected chi connectivity index (χ1v) is 12.1. The molecule has 1 aromatic heterocycles. The number of hydrogen-bond acceptors (Lipinski definition) is 5. The number of benzene rings is 2. The number of carbonyl (C=O) groups is 1. The molecule has 1 fully saturated rings. The Kier molecular flexibility index (Phi) is 7.49. The number of fused-ring (bicyclic) bond motifs is 1. The van der Waals surface area contributed by atoms with E-state index in [-0.39, 0.29) is 23.4 Å². The van der Waals surface area contributed by atoms with Crippen LogP contribution in [0, 0.1) is 12.8 Å². The van der Waals surface area contributed by atoms with Crippen LogP contribution in [-0.4, -0.2) is 41.9 Å². The summed E-state index contributed by atoms with van der Waals surface area (Å²) in [6.07, 6.45) is 1.24. The van der Waals surface area contributed by atoms with Crippen LogP contribution in [0.15, 0.2) is 57.7 Å². The van der Waals surface area contributed by atoms with Crippen LogP contribution >= 0.6 is 0 Å². The first-order chi connectivity index (χ1) is 16.4. The van der Waals surface area contributed by atoms with Gasteiger partial charge in [0.1, 0.15) is 5.58 Å². The van der Waals surface area contributed by atoms with Crippen molar-refractivity contribution in [2.24, 2.45) is 5.92 Å². The molecule has 34 heavy (non-hydrogen) atoms. The predicted octanol–water partition coefficient (Wildman–Crippen LogP) is 4.86. The molecular formula is C28H33NO5. The van der Waals surface area contributed by atoms with E-state index in [1.807, 2.05) is 68.1 Å². The molecule has 4 rings (SSSR count). The van der Waals surface area contributed by atoms with E-state index in [2.05, 4.69) is 0 Å². The maximum absolute atomic E-state index is 13.0. The van der Waals surface area contributed by atoms with Crippen molar-refractivity contribution in [3.05, 3.63) is 70.1 Å². The molecule has 2 heterocycles. The molecule has 0 aliphatic carbocycles. The molecular weight excluding hydrogens is 430 g/mol. The van der Waals surface area contributed by atoms with Gasteiger partial charge in [-0.25, -0.2) is 4.79 Å². The largest absolute Gasteiger partial charge is 0.423 e. The van der Waals surface area contributed by atoms with Gasteiger partial charge in [-0.2, -0.15) is 0 Å². The van der Waals surface area contributed by atoms with Crippen molar-refractivity contribution >= 4 is 16.9 Å². The van der Waals surface area contributed by atoms with Gasteiger partial charge >= 0.3 is 5.63 Å². The second kappa shape index (κ2) is 10.5. The number of likely N-dealkylation sites (tertiary alicyclic amines) is 1. The lowest BCUT2D eigenvalue weighted by Crippen LogP contribution is -2.44. The van der Waals surface area contributed by atoms with Crippen LogP contribution in [0.1, 0.15) is 50.2 Å². The molecule has 2 aromatic carbocycles. The average molecular weight is 464 g/mol. The van der Waals surface area contributed by atoms with E-state index in [1.165, 1.54) is 0 Å². The van der Waals surface area contributed by atoms with Crippen molar-refractivity contribution in [1.82, 2.24) is 4.90 Å². The third kappa shape index (κ3) is 5.24. The minimum Gasteiger partial charge on any atom is -0.423 e. The van der Waals surface area contributed by atoms with E-state index < -0.39 is 6.29 Å². The van der Waals surface area contributed by atoms with E-state index in [0.717, 1.165) is 40.5 Å². The normalized spacial score (nSPS) is 18.1. The number of amides is 1. The smallest absolute Gasteiger partial charge is 0.336 e. The first kappa shape index (κ1) is 24.2. The summed E-state index contributed by atoms with van der Waals surface area (Å²) in [6.45, 7) is 7.56. The number of rotatable bonds is 7. The molecule has 1 aliphatic heterocycles. The first-order valence-electron chi connectivity index (χ1n) is 12.1.